The molecule has 0 unspecified atom stereocenters. The van der Waals surface area contributed by atoms with Crippen LogP contribution in [0.1, 0.15) is 49.2 Å². The Bertz CT molecular complexity index is 646. The van der Waals surface area contributed by atoms with Gasteiger partial charge in [0.25, 0.3) is 0 Å². The summed E-state index contributed by atoms with van der Waals surface area (Å²) in [6.07, 6.45) is 4.56. The minimum absolute atomic E-state index is 0.292. The number of nitrogens with one attached hydrogen (secondary N) is 2. The second-order valence-electron chi connectivity index (χ2n) is 6.67. The van der Waals surface area contributed by atoms with Crippen LogP contribution in [0, 0.1) is 6.92 Å². The summed E-state index contributed by atoms with van der Waals surface area (Å²) in [6.45, 7) is 5.15. The highest BCUT2D eigenvalue weighted by Gasteiger charge is 2.24. The smallest absolute Gasteiger partial charge is 0.0798 e. The number of hydrogen-bond donors (Lipinski definition) is 2. The van der Waals surface area contributed by atoms with Crippen LogP contribution in [0.2, 0.25) is 0 Å². The molecule has 0 saturated heterocycles. The van der Waals surface area contributed by atoms with Crippen molar-refractivity contribution in [3.8, 4) is 5.69 Å². The molecule has 1 aromatic carbocycles. The summed E-state index contributed by atoms with van der Waals surface area (Å²) < 4.78 is 2.09. The number of nitrogens with zero attached hydrogens (tertiary/aromatic N) is 2. The fourth-order valence-electron chi connectivity index (χ4n) is 2.87. The molecule has 1 heterocycles. The molecule has 3 rings (SSSR count). The van der Waals surface area contributed by atoms with Crippen LogP contribution in [0.4, 0.5) is 0 Å². The number of hydroxylamine groups is 1. The predicted octanol–water partition coefficient (Wildman–Crippen LogP) is 3.08. The van der Waals surface area contributed by atoms with Gasteiger partial charge in [-0.1, -0.05) is 17.7 Å². The van der Waals surface area contributed by atoms with Crippen molar-refractivity contribution in [3.63, 3.8) is 0 Å². The van der Waals surface area contributed by atoms with Gasteiger partial charge in [-0.2, -0.15) is 5.10 Å². The van der Waals surface area contributed by atoms with Crippen LogP contribution in [-0.2, 0) is 11.3 Å². The van der Waals surface area contributed by atoms with Crippen LogP contribution < -0.4 is 10.8 Å². The summed E-state index contributed by atoms with van der Waals surface area (Å²) >= 11 is 0. The molecule has 1 atom stereocenters. The van der Waals surface area contributed by atoms with Gasteiger partial charge in [0.15, 0.2) is 0 Å². The summed E-state index contributed by atoms with van der Waals surface area (Å²) in [5, 5.41) is 8.53. The highest BCUT2D eigenvalue weighted by atomic mass is 16.6. The van der Waals surface area contributed by atoms with Crippen molar-refractivity contribution in [2.24, 2.45) is 0 Å². The fraction of sp³-hybridized carbons (Fsp3) is 0.526. The Morgan fingerprint density at radius 2 is 2.04 bits per heavy atom. The summed E-state index contributed by atoms with van der Waals surface area (Å²) in [4.78, 5) is 4.92. The van der Waals surface area contributed by atoms with Crippen molar-refractivity contribution in [2.45, 2.75) is 51.6 Å². The number of aromatic nitrogens is 2. The molecule has 1 aliphatic rings. The van der Waals surface area contributed by atoms with Crippen molar-refractivity contribution >= 4 is 0 Å². The Labute approximate surface area is 144 Å². The Hall–Kier alpha value is -1.69. The lowest BCUT2D eigenvalue weighted by molar-refractivity contribution is 0.0910. The van der Waals surface area contributed by atoms with E-state index in [1.54, 1.807) is 7.11 Å². The monoisotopic (exact) mass is 328 g/mol. The van der Waals surface area contributed by atoms with Gasteiger partial charge < -0.3 is 10.2 Å². The molecular formula is C19H28N4O. The van der Waals surface area contributed by atoms with Crippen molar-refractivity contribution in [1.29, 1.82) is 0 Å². The molecule has 2 N–H and O–H groups in total. The van der Waals surface area contributed by atoms with Gasteiger partial charge in [-0.3, -0.25) is 0 Å². The third-order valence-corrected chi connectivity index (χ3v) is 4.44. The fourth-order valence-corrected chi connectivity index (χ4v) is 2.87. The Kier molecular flexibility index (Phi) is 5.66. The lowest BCUT2D eigenvalue weighted by atomic mass is 10.1. The molecule has 0 amide bonds. The molecule has 0 bridgehead atoms. The summed E-state index contributed by atoms with van der Waals surface area (Å²) in [7, 11) is 1.65. The normalized spacial score (nSPS) is 15.6. The quantitative estimate of drug-likeness (QED) is 0.549. The van der Waals surface area contributed by atoms with Crippen LogP contribution >= 0.6 is 0 Å². The zero-order valence-electron chi connectivity index (χ0n) is 14.9. The van der Waals surface area contributed by atoms with Crippen molar-refractivity contribution in [2.75, 3.05) is 13.7 Å². The predicted molar refractivity (Wildman–Crippen MR) is 96.2 cm³/mol. The van der Waals surface area contributed by atoms with E-state index in [2.05, 4.69) is 59.7 Å². The third kappa shape index (κ3) is 4.44. The molecule has 5 heteroatoms. The van der Waals surface area contributed by atoms with Gasteiger partial charge in [0.1, 0.15) is 0 Å². The second-order valence-corrected chi connectivity index (χ2v) is 6.67. The van der Waals surface area contributed by atoms with E-state index < -0.39 is 0 Å². The van der Waals surface area contributed by atoms with Crippen LogP contribution in [-0.4, -0.2) is 29.5 Å². The molecule has 0 spiro atoms. The first-order valence-electron chi connectivity index (χ1n) is 8.85. The number of hydrogen-bond acceptors (Lipinski definition) is 4. The largest absolute Gasteiger partial charge is 0.306 e. The third-order valence-electron chi connectivity index (χ3n) is 4.44. The first kappa shape index (κ1) is 17.1. The van der Waals surface area contributed by atoms with E-state index in [-0.39, 0.29) is 0 Å². The molecule has 130 valence electrons. The number of rotatable bonds is 9. The lowest BCUT2D eigenvalue weighted by Gasteiger charge is -2.10. The highest BCUT2D eigenvalue weighted by molar-refractivity contribution is 5.36. The second kappa shape index (κ2) is 7.92. The molecule has 5 nitrogen and oxygen atoms in total. The van der Waals surface area contributed by atoms with Crippen LogP contribution in [0.15, 0.2) is 30.3 Å². The Morgan fingerprint density at radius 3 is 2.71 bits per heavy atom. The highest BCUT2D eigenvalue weighted by Crippen LogP contribution is 2.25. The van der Waals surface area contributed by atoms with Gasteiger partial charge in [-0.25, -0.2) is 10.2 Å². The minimum atomic E-state index is 0.292. The molecule has 0 radical (unpaired) electrons. The topological polar surface area (TPSA) is 51.1 Å². The molecular weight excluding hydrogens is 300 g/mol. The summed E-state index contributed by atoms with van der Waals surface area (Å²) in [5.74, 6) is 0. The molecule has 0 aliphatic heterocycles. The van der Waals surface area contributed by atoms with E-state index >= 15 is 0 Å². The molecule has 24 heavy (non-hydrogen) atoms. The van der Waals surface area contributed by atoms with Crippen LogP contribution in [0.5, 0.6) is 0 Å². The van der Waals surface area contributed by atoms with Crippen LogP contribution in [0.3, 0.4) is 0 Å². The maximum absolute atomic E-state index is 4.92. The zero-order valence-corrected chi connectivity index (χ0v) is 14.9. The van der Waals surface area contributed by atoms with E-state index in [9.17, 15) is 0 Å². The number of benzene rings is 1. The van der Waals surface area contributed by atoms with Crippen molar-refractivity contribution in [3.05, 3.63) is 47.3 Å². The first-order valence-corrected chi connectivity index (χ1v) is 8.85. The van der Waals surface area contributed by atoms with Gasteiger partial charge in [-0.15, -0.1) is 0 Å². The van der Waals surface area contributed by atoms with Crippen molar-refractivity contribution in [1.82, 2.24) is 20.6 Å². The van der Waals surface area contributed by atoms with E-state index in [1.807, 2.05) is 0 Å². The van der Waals surface area contributed by atoms with Gasteiger partial charge in [-0.05, 0) is 57.7 Å². The first-order chi connectivity index (χ1) is 11.7. The summed E-state index contributed by atoms with van der Waals surface area (Å²) in [6, 6.07) is 11.8. The Morgan fingerprint density at radius 1 is 1.29 bits per heavy atom. The summed E-state index contributed by atoms with van der Waals surface area (Å²) in [5.41, 5.74) is 7.67. The van der Waals surface area contributed by atoms with E-state index in [1.165, 1.54) is 24.1 Å². The van der Waals surface area contributed by atoms with Gasteiger partial charge >= 0.3 is 0 Å². The standard InChI is InChI=1S/C19H28N4O/c1-14-6-10-17(11-7-14)23-18(5-4-12-20-24-3)13-19(22-23)15(2)21-16-8-9-16/h6-7,10-11,13,15-16,20-21H,4-5,8-9,12H2,1-3H3/t15-/m1/s1. The molecule has 1 aliphatic carbocycles. The van der Waals surface area contributed by atoms with Gasteiger partial charge in [0, 0.05) is 24.3 Å². The van der Waals surface area contributed by atoms with E-state index in [4.69, 9.17) is 9.94 Å². The molecule has 1 fully saturated rings. The van der Waals surface area contributed by atoms with Crippen molar-refractivity contribution < 1.29 is 4.84 Å². The molecule has 1 aromatic heterocycles. The van der Waals surface area contributed by atoms with Crippen LogP contribution in [0.25, 0.3) is 5.69 Å². The maximum Gasteiger partial charge on any atom is 0.0798 e. The molecule has 1 saturated carbocycles. The maximum atomic E-state index is 4.92. The van der Waals surface area contributed by atoms with E-state index in [0.717, 1.165) is 30.8 Å². The van der Waals surface area contributed by atoms with Gasteiger partial charge in [0.2, 0.25) is 0 Å². The average Bonchev–Trinajstić information content (AvgIpc) is 3.29. The minimum Gasteiger partial charge on any atom is -0.306 e. The number of aryl methyl sites for hydroxylation is 2. The van der Waals surface area contributed by atoms with E-state index in [0.29, 0.717) is 12.1 Å². The zero-order chi connectivity index (χ0) is 16.9. The Balaban J connectivity index is 1.79. The van der Waals surface area contributed by atoms with Gasteiger partial charge in [0.05, 0.1) is 18.5 Å². The SMILES string of the molecule is CONCCCc1cc([C@@H](C)NC2CC2)nn1-c1ccc(C)cc1. The lowest BCUT2D eigenvalue weighted by Crippen LogP contribution is -2.21. The average molecular weight is 328 g/mol. The molecule has 2 aromatic rings.